The van der Waals surface area contributed by atoms with Crippen molar-refractivity contribution >= 4 is 34.5 Å². The fourth-order valence-corrected chi connectivity index (χ4v) is 2.22. The Balaban J connectivity index is 2.78. The van der Waals surface area contributed by atoms with Gasteiger partial charge in [-0.1, -0.05) is 26.1 Å². The number of rotatable bonds is 2. The lowest BCUT2D eigenvalue weighted by molar-refractivity contribution is -0.136. The van der Waals surface area contributed by atoms with E-state index >= 15 is 0 Å². The summed E-state index contributed by atoms with van der Waals surface area (Å²) in [6.07, 6.45) is 0.778. The second-order valence-electron chi connectivity index (χ2n) is 5.42. The second-order valence-corrected chi connectivity index (χ2v) is 5.86. The molecule has 5 heteroatoms. The van der Waals surface area contributed by atoms with Crippen LogP contribution in [0.1, 0.15) is 40.5 Å². The molecule has 0 atom stereocenters. The average molecular weight is 254 g/mol. The van der Waals surface area contributed by atoms with Crippen molar-refractivity contribution < 1.29 is 9.59 Å². The van der Waals surface area contributed by atoms with Gasteiger partial charge in [-0.05, 0) is 19.3 Å². The second kappa shape index (κ2) is 5.04. The lowest BCUT2D eigenvalue weighted by Gasteiger charge is -2.31. The van der Waals surface area contributed by atoms with E-state index < -0.39 is 5.92 Å². The van der Waals surface area contributed by atoms with E-state index in [-0.39, 0.29) is 22.0 Å². The smallest absolute Gasteiger partial charge is 0.150 e. The minimum atomic E-state index is -0.805. The number of nitrogens with one attached hydrogen (secondary N) is 1. The first-order chi connectivity index (χ1) is 7.73. The summed E-state index contributed by atoms with van der Waals surface area (Å²) in [6, 6.07) is 0. The molecule has 0 unspecified atom stereocenters. The molecule has 0 bridgehead atoms. The van der Waals surface area contributed by atoms with Crippen LogP contribution in [0.3, 0.4) is 0 Å². The predicted octanol–water partition coefficient (Wildman–Crippen LogP) is 1.87. The molecule has 1 aliphatic carbocycles. The molecule has 0 radical (unpaired) electrons. The molecule has 0 amide bonds. The van der Waals surface area contributed by atoms with E-state index in [1.807, 2.05) is 27.7 Å². The zero-order valence-electron chi connectivity index (χ0n) is 10.7. The maximum atomic E-state index is 11.9. The molecule has 0 aromatic rings. The summed E-state index contributed by atoms with van der Waals surface area (Å²) in [4.78, 5) is 24.0. The van der Waals surface area contributed by atoms with Gasteiger partial charge >= 0.3 is 0 Å². The summed E-state index contributed by atoms with van der Waals surface area (Å²) in [5.41, 5.74) is 3.17. The Labute approximate surface area is 107 Å². The first kappa shape index (κ1) is 14.0. The van der Waals surface area contributed by atoms with Gasteiger partial charge in [-0.25, -0.2) is 0 Å². The molecule has 1 aliphatic rings. The first-order valence-electron chi connectivity index (χ1n) is 5.59. The Morgan fingerprint density at radius 1 is 1.29 bits per heavy atom. The van der Waals surface area contributed by atoms with Gasteiger partial charge < -0.3 is 0 Å². The Hall–Kier alpha value is -1.10. The molecule has 4 nitrogen and oxygen atoms in total. The molecular formula is C12H18N2O2S. The number of ketones is 2. The van der Waals surface area contributed by atoms with Gasteiger partial charge in [0.2, 0.25) is 0 Å². The highest BCUT2D eigenvalue weighted by Crippen LogP contribution is 2.34. The van der Waals surface area contributed by atoms with Crippen LogP contribution in [0.15, 0.2) is 5.10 Å². The van der Waals surface area contributed by atoms with Crippen molar-refractivity contribution in [2.75, 3.05) is 0 Å². The van der Waals surface area contributed by atoms with Gasteiger partial charge in [-0.3, -0.25) is 15.0 Å². The average Bonchev–Trinajstić information content (AvgIpc) is 2.11. The highest BCUT2D eigenvalue weighted by molar-refractivity contribution is 7.80. The summed E-state index contributed by atoms with van der Waals surface area (Å²) >= 11 is 5.06. The normalized spacial score (nSPS) is 20.0. The zero-order valence-corrected chi connectivity index (χ0v) is 11.5. The molecule has 94 valence electrons. The number of thiocarbonyl (C=S) groups is 1. The van der Waals surface area contributed by atoms with E-state index in [9.17, 15) is 9.59 Å². The SMILES string of the molecule is CC(C)=NNC(=S)C1C(=O)CC(C)(C)CC1=O. The quantitative estimate of drug-likeness (QED) is 0.354. The molecule has 0 saturated heterocycles. The Kier molecular flexibility index (Phi) is 4.14. The van der Waals surface area contributed by atoms with Crippen molar-refractivity contribution in [1.82, 2.24) is 5.43 Å². The summed E-state index contributed by atoms with van der Waals surface area (Å²) < 4.78 is 0. The molecule has 0 spiro atoms. The van der Waals surface area contributed by atoms with E-state index in [0.29, 0.717) is 12.8 Å². The van der Waals surface area contributed by atoms with E-state index in [1.54, 1.807) is 0 Å². The molecule has 1 saturated carbocycles. The minimum absolute atomic E-state index is 0.104. The maximum absolute atomic E-state index is 11.9. The predicted molar refractivity (Wildman–Crippen MR) is 71.0 cm³/mol. The van der Waals surface area contributed by atoms with Crippen molar-refractivity contribution in [1.29, 1.82) is 0 Å². The van der Waals surface area contributed by atoms with Crippen LogP contribution < -0.4 is 5.43 Å². The van der Waals surface area contributed by atoms with Crippen LogP contribution in [0.25, 0.3) is 0 Å². The van der Waals surface area contributed by atoms with Gasteiger partial charge in [0, 0.05) is 18.6 Å². The largest absolute Gasteiger partial charge is 0.298 e. The highest BCUT2D eigenvalue weighted by atomic mass is 32.1. The lowest BCUT2D eigenvalue weighted by atomic mass is 9.71. The number of Topliss-reactive ketones (excluding diaryl/α,β-unsaturated/α-hetero) is 2. The van der Waals surface area contributed by atoms with Gasteiger partial charge in [-0.15, -0.1) is 0 Å². The zero-order chi connectivity index (χ0) is 13.2. The monoisotopic (exact) mass is 254 g/mol. The number of hydrogen-bond donors (Lipinski definition) is 1. The minimum Gasteiger partial charge on any atom is -0.298 e. The maximum Gasteiger partial charge on any atom is 0.150 e. The van der Waals surface area contributed by atoms with Crippen LogP contribution in [0.5, 0.6) is 0 Å². The van der Waals surface area contributed by atoms with Crippen LogP contribution in [0.4, 0.5) is 0 Å². The van der Waals surface area contributed by atoms with Crippen molar-refractivity contribution in [2.45, 2.75) is 40.5 Å². The van der Waals surface area contributed by atoms with Gasteiger partial charge in [0.15, 0.2) is 11.6 Å². The molecule has 0 aromatic heterocycles. The summed E-state index contributed by atoms with van der Waals surface area (Å²) in [7, 11) is 0. The van der Waals surface area contributed by atoms with E-state index in [1.165, 1.54) is 0 Å². The van der Waals surface area contributed by atoms with Crippen LogP contribution >= 0.6 is 12.2 Å². The van der Waals surface area contributed by atoms with Crippen LogP contribution in [-0.2, 0) is 9.59 Å². The standard InChI is InChI=1S/C12H18N2O2S/c1-7(2)13-14-11(17)10-8(15)5-12(3,4)6-9(10)16/h10H,5-6H2,1-4H3,(H,14,17). The fourth-order valence-electron chi connectivity index (χ4n) is 1.91. The van der Waals surface area contributed by atoms with Crippen molar-refractivity contribution in [3.05, 3.63) is 0 Å². The van der Waals surface area contributed by atoms with Crippen molar-refractivity contribution in [3.63, 3.8) is 0 Å². The third-order valence-electron chi connectivity index (χ3n) is 2.60. The van der Waals surface area contributed by atoms with E-state index in [0.717, 1.165) is 5.71 Å². The van der Waals surface area contributed by atoms with E-state index in [4.69, 9.17) is 12.2 Å². The number of hydrazone groups is 1. The summed E-state index contributed by atoms with van der Waals surface area (Å²) in [5.74, 6) is -1.01. The molecule has 1 rings (SSSR count). The molecule has 0 aromatic carbocycles. The van der Waals surface area contributed by atoms with Gasteiger partial charge in [0.1, 0.15) is 10.9 Å². The molecule has 0 heterocycles. The number of hydrogen-bond acceptors (Lipinski definition) is 4. The van der Waals surface area contributed by atoms with Crippen LogP contribution in [-0.4, -0.2) is 22.3 Å². The Morgan fingerprint density at radius 3 is 2.18 bits per heavy atom. The van der Waals surface area contributed by atoms with Crippen molar-refractivity contribution in [2.24, 2.45) is 16.4 Å². The summed E-state index contributed by atoms with van der Waals surface area (Å²) in [6.45, 7) is 7.46. The summed E-state index contributed by atoms with van der Waals surface area (Å²) in [5, 5.41) is 3.93. The number of carbonyl (C=O) groups is 2. The fraction of sp³-hybridized carbons (Fsp3) is 0.667. The third kappa shape index (κ3) is 3.70. The first-order valence-corrected chi connectivity index (χ1v) is 6.00. The number of nitrogens with zero attached hydrogens (tertiary/aromatic N) is 1. The Morgan fingerprint density at radius 2 is 1.76 bits per heavy atom. The van der Waals surface area contributed by atoms with Gasteiger partial charge in [0.05, 0.1) is 0 Å². The highest BCUT2D eigenvalue weighted by Gasteiger charge is 2.41. The molecule has 17 heavy (non-hydrogen) atoms. The lowest BCUT2D eigenvalue weighted by Crippen LogP contribution is -2.44. The van der Waals surface area contributed by atoms with Gasteiger partial charge in [0.25, 0.3) is 0 Å². The molecular weight excluding hydrogens is 236 g/mol. The molecule has 1 N–H and O–H groups in total. The molecule has 1 fully saturated rings. The van der Waals surface area contributed by atoms with Gasteiger partial charge in [-0.2, -0.15) is 5.10 Å². The van der Waals surface area contributed by atoms with Crippen LogP contribution in [0, 0.1) is 11.3 Å². The number of carbonyl (C=O) groups excluding carboxylic acids is 2. The van der Waals surface area contributed by atoms with Crippen LogP contribution in [0.2, 0.25) is 0 Å². The third-order valence-corrected chi connectivity index (χ3v) is 2.93. The van der Waals surface area contributed by atoms with E-state index in [2.05, 4.69) is 10.5 Å². The van der Waals surface area contributed by atoms with Crippen molar-refractivity contribution in [3.8, 4) is 0 Å². The molecule has 0 aliphatic heterocycles. The topological polar surface area (TPSA) is 58.5 Å². The Bertz CT molecular complexity index is 375.